The zero-order chi connectivity index (χ0) is 23.8. The lowest BCUT2D eigenvalue weighted by molar-refractivity contribution is -0.870. The number of unbranched alkanes of at least 4 members (excludes halogenated alkanes) is 15. The third-order valence-electron chi connectivity index (χ3n) is 5.13. The van der Waals surface area contributed by atoms with Gasteiger partial charge in [-0.3, -0.25) is 4.57 Å². The third kappa shape index (κ3) is 38.1. The average Bonchev–Trinajstić information content (AvgIpc) is 2.68. The molecule has 1 N–H and O–H groups in total. The van der Waals surface area contributed by atoms with Crippen LogP contribution in [0.4, 0.5) is 0 Å². The number of phosphoric acid groups is 1. The van der Waals surface area contributed by atoms with E-state index in [4.69, 9.17) is 9.42 Å². The molecule has 0 saturated carbocycles. The SMILES string of the molecule is CCCCCCCCCCCCCCCCCCOP(=O)([O-])O.C[N+](C)(C)CCOP. The standard InChI is InChI=1S/C18H39O4P.C5H15NOP/c1-2-3-4-5-6-7-8-9-10-11-12-13-14-15-16-17-18-22-23(19,20)21;1-6(2,3)4-5-7-8/h2-18H2,1H3,(H2,19,20,21);4-5,8H2,1-3H3/q;+1/p-1. The third-order valence-corrected chi connectivity index (χ3v) is 5.88. The smallest absolute Gasteiger partial charge is 0.265 e. The first-order valence-electron chi connectivity index (χ1n) is 12.4. The first-order valence-corrected chi connectivity index (χ1v) is 14.4. The van der Waals surface area contributed by atoms with Gasteiger partial charge in [0.05, 0.1) is 34.4 Å². The van der Waals surface area contributed by atoms with E-state index in [9.17, 15) is 9.46 Å². The lowest BCUT2D eigenvalue weighted by Gasteiger charge is -2.22. The van der Waals surface area contributed by atoms with Gasteiger partial charge in [-0.15, -0.1) is 0 Å². The summed E-state index contributed by atoms with van der Waals surface area (Å²) in [5.74, 6) is 0. The topological polar surface area (TPSA) is 78.8 Å². The molecule has 0 saturated heterocycles. The van der Waals surface area contributed by atoms with E-state index in [0.29, 0.717) is 6.42 Å². The maximum absolute atomic E-state index is 10.4. The summed E-state index contributed by atoms with van der Waals surface area (Å²) >= 11 is 0. The van der Waals surface area contributed by atoms with E-state index >= 15 is 0 Å². The van der Waals surface area contributed by atoms with Crippen molar-refractivity contribution in [3.05, 3.63) is 0 Å². The lowest BCUT2D eigenvalue weighted by atomic mass is 10.0. The molecule has 190 valence electrons. The lowest BCUT2D eigenvalue weighted by Crippen LogP contribution is -2.37. The van der Waals surface area contributed by atoms with Crippen LogP contribution in [0.2, 0.25) is 0 Å². The highest BCUT2D eigenvalue weighted by atomic mass is 31.2. The Labute approximate surface area is 196 Å². The van der Waals surface area contributed by atoms with Gasteiger partial charge >= 0.3 is 0 Å². The van der Waals surface area contributed by atoms with Crippen molar-refractivity contribution in [2.24, 2.45) is 0 Å². The molecule has 0 aliphatic rings. The summed E-state index contributed by atoms with van der Waals surface area (Å²) in [5.41, 5.74) is 0. The summed E-state index contributed by atoms with van der Waals surface area (Å²) in [6.45, 7) is 4.24. The van der Waals surface area contributed by atoms with Gasteiger partial charge in [0, 0.05) is 9.47 Å². The van der Waals surface area contributed by atoms with Crippen LogP contribution in [-0.4, -0.2) is 50.3 Å². The van der Waals surface area contributed by atoms with Crippen molar-refractivity contribution in [2.75, 3.05) is 40.9 Å². The summed E-state index contributed by atoms with van der Waals surface area (Å²) in [6.07, 6.45) is 20.5. The predicted molar refractivity (Wildman–Crippen MR) is 134 cm³/mol. The van der Waals surface area contributed by atoms with E-state index < -0.39 is 7.82 Å². The minimum atomic E-state index is -4.51. The van der Waals surface area contributed by atoms with Crippen LogP contribution >= 0.6 is 17.3 Å². The quantitative estimate of drug-likeness (QED) is 0.119. The Morgan fingerprint density at radius 2 is 1.10 bits per heavy atom. The minimum absolute atomic E-state index is 0.107. The molecule has 0 radical (unpaired) electrons. The second kappa shape index (κ2) is 23.6. The molecule has 0 aromatic carbocycles. The monoisotopic (exact) mass is 485 g/mol. The molecule has 0 aromatic heterocycles. The number of nitrogens with zero attached hydrogens (tertiary/aromatic N) is 1. The predicted octanol–water partition coefficient (Wildman–Crippen LogP) is 6.22. The molecule has 6 nitrogen and oxygen atoms in total. The summed E-state index contributed by atoms with van der Waals surface area (Å²) in [5, 5.41) is 0. The van der Waals surface area contributed by atoms with Crippen LogP contribution in [0.3, 0.4) is 0 Å². The summed E-state index contributed by atoms with van der Waals surface area (Å²) < 4.78 is 20.4. The molecule has 0 spiro atoms. The van der Waals surface area contributed by atoms with Crippen LogP contribution in [0, 0.1) is 0 Å². The van der Waals surface area contributed by atoms with Gasteiger partial charge < -0.3 is 23.3 Å². The fourth-order valence-corrected chi connectivity index (χ4v) is 3.62. The van der Waals surface area contributed by atoms with Crippen molar-refractivity contribution < 1.29 is 27.9 Å². The normalized spacial score (nSPS) is 13.5. The van der Waals surface area contributed by atoms with Crippen LogP contribution in [0.25, 0.3) is 0 Å². The molecule has 0 bridgehead atoms. The number of quaternary nitrogens is 1. The van der Waals surface area contributed by atoms with Gasteiger partial charge in [-0.2, -0.15) is 0 Å². The molecule has 0 fully saturated rings. The van der Waals surface area contributed by atoms with E-state index in [1.807, 2.05) is 0 Å². The van der Waals surface area contributed by atoms with Gasteiger partial charge in [0.2, 0.25) is 0 Å². The molecule has 0 aliphatic carbocycles. The number of rotatable bonds is 21. The van der Waals surface area contributed by atoms with E-state index in [0.717, 1.165) is 30.5 Å². The first kappa shape index (κ1) is 33.6. The Hall–Kier alpha value is 0.460. The van der Waals surface area contributed by atoms with E-state index in [1.54, 1.807) is 0 Å². The summed E-state index contributed by atoms with van der Waals surface area (Å²) in [6, 6.07) is 0. The molecule has 0 rings (SSSR count). The highest BCUT2D eigenvalue weighted by molar-refractivity contribution is 7.44. The Morgan fingerprint density at radius 1 is 0.742 bits per heavy atom. The van der Waals surface area contributed by atoms with Crippen molar-refractivity contribution in [3.8, 4) is 0 Å². The highest BCUT2D eigenvalue weighted by Gasteiger charge is 2.03. The number of hydrogen-bond acceptors (Lipinski definition) is 4. The Kier molecular flexibility index (Phi) is 25.6. The van der Waals surface area contributed by atoms with Gasteiger partial charge in [0.25, 0.3) is 7.82 Å². The van der Waals surface area contributed by atoms with Crippen molar-refractivity contribution in [2.45, 2.75) is 110 Å². The number of hydrogen-bond donors (Lipinski definition) is 1. The van der Waals surface area contributed by atoms with Crippen molar-refractivity contribution in [1.82, 2.24) is 0 Å². The van der Waals surface area contributed by atoms with Gasteiger partial charge in [-0.05, 0) is 6.42 Å². The molecule has 0 amide bonds. The summed E-state index contributed by atoms with van der Waals surface area (Å²) in [7, 11) is 4.17. The van der Waals surface area contributed by atoms with Gasteiger partial charge in [0.1, 0.15) is 6.54 Å². The fourth-order valence-electron chi connectivity index (χ4n) is 3.16. The first-order chi connectivity index (χ1) is 14.6. The minimum Gasteiger partial charge on any atom is -0.756 e. The number of likely N-dealkylation sites (N-methyl/N-ethyl adjacent to an activating group) is 1. The molecule has 8 heteroatoms. The van der Waals surface area contributed by atoms with E-state index in [1.165, 1.54) is 83.5 Å². The molecule has 0 aromatic rings. The largest absolute Gasteiger partial charge is 0.756 e. The van der Waals surface area contributed by atoms with Crippen molar-refractivity contribution in [3.63, 3.8) is 0 Å². The second-order valence-electron chi connectivity index (χ2n) is 9.49. The second-order valence-corrected chi connectivity index (χ2v) is 11.0. The fraction of sp³-hybridized carbons (Fsp3) is 1.00. The molecular weight excluding hydrogens is 432 g/mol. The van der Waals surface area contributed by atoms with E-state index in [2.05, 4.69) is 42.1 Å². The Balaban J connectivity index is 0. The van der Waals surface area contributed by atoms with Crippen LogP contribution in [0.1, 0.15) is 110 Å². The van der Waals surface area contributed by atoms with Crippen LogP contribution in [-0.2, 0) is 13.6 Å². The zero-order valence-corrected chi connectivity index (χ0v) is 23.0. The average molecular weight is 486 g/mol. The van der Waals surface area contributed by atoms with Crippen molar-refractivity contribution >= 4 is 17.3 Å². The molecule has 0 heterocycles. The zero-order valence-electron chi connectivity index (χ0n) is 21.0. The van der Waals surface area contributed by atoms with Gasteiger partial charge in [-0.25, -0.2) is 0 Å². The number of phosphoric ester groups is 1. The van der Waals surface area contributed by atoms with Crippen LogP contribution in [0.15, 0.2) is 0 Å². The maximum atomic E-state index is 10.4. The molecule has 31 heavy (non-hydrogen) atoms. The van der Waals surface area contributed by atoms with E-state index in [-0.39, 0.29) is 6.61 Å². The van der Waals surface area contributed by atoms with Crippen molar-refractivity contribution in [1.29, 1.82) is 0 Å². The molecule has 0 aliphatic heterocycles. The van der Waals surface area contributed by atoms with Crippen LogP contribution < -0.4 is 4.89 Å². The Morgan fingerprint density at radius 3 is 1.35 bits per heavy atom. The highest BCUT2D eigenvalue weighted by Crippen LogP contribution is 2.30. The molecular formula is C23H53NO5P2. The van der Waals surface area contributed by atoms with Gasteiger partial charge in [-0.1, -0.05) is 103 Å². The Bertz CT molecular complexity index is 400. The molecule has 2 atom stereocenters. The van der Waals surface area contributed by atoms with Gasteiger partial charge in [0.15, 0.2) is 0 Å². The summed E-state index contributed by atoms with van der Waals surface area (Å²) in [4.78, 5) is 18.8. The maximum Gasteiger partial charge on any atom is 0.265 e. The molecule has 2 unspecified atom stereocenters. The van der Waals surface area contributed by atoms with Crippen LogP contribution in [0.5, 0.6) is 0 Å².